The zero-order chi connectivity index (χ0) is 21.6. The van der Waals surface area contributed by atoms with Crippen LogP contribution in [0.15, 0.2) is 54.3 Å². The van der Waals surface area contributed by atoms with Gasteiger partial charge in [-0.2, -0.15) is 0 Å². The van der Waals surface area contributed by atoms with Gasteiger partial charge < -0.3 is 19.0 Å². The van der Waals surface area contributed by atoms with Crippen LogP contribution in [-0.4, -0.2) is 49.0 Å². The fourth-order valence-electron chi connectivity index (χ4n) is 3.10. The van der Waals surface area contributed by atoms with E-state index in [9.17, 15) is 8.60 Å². The molecule has 31 heavy (non-hydrogen) atoms. The lowest BCUT2D eigenvalue weighted by Crippen LogP contribution is -2.03. The summed E-state index contributed by atoms with van der Waals surface area (Å²) in [6.07, 6.45) is 7.23. The number of rotatable bonds is 10. The lowest BCUT2D eigenvalue weighted by atomic mass is 10.2. The van der Waals surface area contributed by atoms with Crippen molar-refractivity contribution in [1.82, 2.24) is 24.5 Å². The van der Waals surface area contributed by atoms with Gasteiger partial charge in [0.1, 0.15) is 5.82 Å². The van der Waals surface area contributed by atoms with E-state index in [0.717, 1.165) is 12.0 Å². The van der Waals surface area contributed by atoms with E-state index in [4.69, 9.17) is 9.47 Å². The Morgan fingerprint density at radius 2 is 2.13 bits per heavy atom. The second kappa shape index (κ2) is 9.90. The highest BCUT2D eigenvalue weighted by Crippen LogP contribution is 2.22. The number of imidazole rings is 2. The molecule has 0 amide bonds. The monoisotopic (exact) mass is 443 g/mol. The van der Waals surface area contributed by atoms with E-state index >= 15 is 0 Å². The average molecular weight is 444 g/mol. The SMILES string of the molecule is COCCCOCc1ccnc(CS(=O)c2nc3cc(-n4ccnc4)c(F)cc3[nH]2)c1. The lowest BCUT2D eigenvalue weighted by molar-refractivity contribution is 0.0928. The van der Waals surface area contributed by atoms with Gasteiger partial charge in [0.05, 0.1) is 51.9 Å². The molecule has 0 aliphatic rings. The number of methoxy groups -OCH3 is 1. The number of hydrogen-bond donors (Lipinski definition) is 1. The fraction of sp³-hybridized carbons (Fsp3) is 0.286. The van der Waals surface area contributed by atoms with Gasteiger partial charge in [-0.15, -0.1) is 0 Å². The van der Waals surface area contributed by atoms with Crippen molar-refractivity contribution in [3.63, 3.8) is 0 Å². The Balaban J connectivity index is 1.45. The second-order valence-electron chi connectivity index (χ2n) is 6.88. The van der Waals surface area contributed by atoms with Crippen LogP contribution < -0.4 is 0 Å². The van der Waals surface area contributed by atoms with E-state index in [-0.39, 0.29) is 10.9 Å². The number of nitrogens with zero attached hydrogens (tertiary/aromatic N) is 4. The quantitative estimate of drug-likeness (QED) is 0.379. The average Bonchev–Trinajstić information content (AvgIpc) is 3.43. The molecule has 0 saturated carbocycles. The van der Waals surface area contributed by atoms with Crippen LogP contribution in [0, 0.1) is 5.82 Å². The van der Waals surface area contributed by atoms with E-state index < -0.39 is 16.6 Å². The largest absolute Gasteiger partial charge is 0.385 e. The number of nitrogens with one attached hydrogen (secondary N) is 1. The van der Waals surface area contributed by atoms with E-state index in [0.29, 0.717) is 42.2 Å². The third kappa shape index (κ3) is 5.22. The third-order valence-corrected chi connectivity index (χ3v) is 5.78. The molecule has 3 aromatic heterocycles. The van der Waals surface area contributed by atoms with E-state index in [1.54, 1.807) is 36.3 Å². The van der Waals surface area contributed by atoms with Crippen molar-refractivity contribution in [2.45, 2.75) is 23.9 Å². The fourth-order valence-corrected chi connectivity index (χ4v) is 4.09. The number of H-pyrrole nitrogens is 1. The molecule has 4 aromatic rings. The Kier molecular flexibility index (Phi) is 6.80. The summed E-state index contributed by atoms with van der Waals surface area (Å²) >= 11 is 0. The molecule has 1 unspecified atom stereocenters. The van der Waals surface area contributed by atoms with Gasteiger partial charge in [-0.25, -0.2) is 14.4 Å². The molecule has 1 atom stereocenters. The van der Waals surface area contributed by atoms with Crippen molar-refractivity contribution in [3.05, 3.63) is 66.3 Å². The van der Waals surface area contributed by atoms with Crippen LogP contribution in [-0.2, 0) is 32.6 Å². The zero-order valence-electron chi connectivity index (χ0n) is 17.0. The number of aromatic amines is 1. The van der Waals surface area contributed by atoms with Crippen molar-refractivity contribution < 1.29 is 18.1 Å². The predicted molar refractivity (Wildman–Crippen MR) is 114 cm³/mol. The Hall–Kier alpha value is -2.95. The first-order valence-corrected chi connectivity index (χ1v) is 11.0. The molecule has 1 N–H and O–H groups in total. The lowest BCUT2D eigenvalue weighted by Gasteiger charge is -2.06. The van der Waals surface area contributed by atoms with Crippen molar-refractivity contribution in [3.8, 4) is 5.69 Å². The van der Waals surface area contributed by atoms with E-state index in [2.05, 4.69) is 19.9 Å². The molecule has 8 nitrogen and oxygen atoms in total. The van der Waals surface area contributed by atoms with Gasteiger partial charge in [0.15, 0.2) is 5.16 Å². The van der Waals surface area contributed by atoms with Crippen LogP contribution in [0.2, 0.25) is 0 Å². The summed E-state index contributed by atoms with van der Waals surface area (Å²) in [5, 5.41) is 0.278. The standard InChI is InChI=1S/C21H22FN5O3S/c1-29-7-2-8-30-12-15-3-4-24-16(9-15)13-31(28)21-25-18-10-17(22)20(11-19(18)26-21)27-6-5-23-14-27/h3-6,9-11,14H,2,7-8,12-13H2,1H3,(H,25,26). The maximum absolute atomic E-state index is 14.5. The predicted octanol–water partition coefficient (Wildman–Crippen LogP) is 3.14. The van der Waals surface area contributed by atoms with E-state index in [1.165, 1.54) is 12.4 Å². The number of fused-ring (bicyclic) bond motifs is 1. The first kappa shape index (κ1) is 21.3. The minimum atomic E-state index is -1.46. The number of benzene rings is 1. The number of aromatic nitrogens is 5. The van der Waals surface area contributed by atoms with Crippen molar-refractivity contribution >= 4 is 21.8 Å². The number of halogens is 1. The minimum absolute atomic E-state index is 0.189. The maximum atomic E-state index is 14.5. The minimum Gasteiger partial charge on any atom is -0.385 e. The van der Waals surface area contributed by atoms with Gasteiger partial charge in [0, 0.05) is 45.0 Å². The van der Waals surface area contributed by atoms with Crippen LogP contribution in [0.5, 0.6) is 0 Å². The molecule has 10 heteroatoms. The Bertz CT molecular complexity index is 1180. The Morgan fingerprint density at radius 1 is 1.23 bits per heavy atom. The highest BCUT2D eigenvalue weighted by Gasteiger charge is 2.15. The molecule has 162 valence electrons. The molecule has 0 aliphatic carbocycles. The van der Waals surface area contributed by atoms with Gasteiger partial charge >= 0.3 is 0 Å². The number of pyridine rings is 1. The summed E-state index contributed by atoms with van der Waals surface area (Å²) in [5.41, 5.74) is 2.96. The summed E-state index contributed by atoms with van der Waals surface area (Å²) in [7, 11) is 0.196. The normalized spacial score (nSPS) is 12.5. The molecule has 0 bridgehead atoms. The molecule has 3 heterocycles. The molecule has 0 saturated heterocycles. The number of hydrogen-bond acceptors (Lipinski definition) is 6. The van der Waals surface area contributed by atoms with Crippen molar-refractivity contribution in [1.29, 1.82) is 0 Å². The zero-order valence-corrected chi connectivity index (χ0v) is 17.8. The molecular formula is C21H22FN5O3S. The van der Waals surface area contributed by atoms with Crippen molar-refractivity contribution in [2.75, 3.05) is 20.3 Å². The molecular weight excluding hydrogens is 421 g/mol. The first-order valence-electron chi connectivity index (χ1n) is 9.70. The maximum Gasteiger partial charge on any atom is 0.197 e. The summed E-state index contributed by atoms with van der Waals surface area (Å²) < 4.78 is 39.5. The molecule has 0 aliphatic heterocycles. The Morgan fingerprint density at radius 3 is 2.94 bits per heavy atom. The topological polar surface area (TPSA) is 94.9 Å². The summed E-state index contributed by atoms with van der Waals surface area (Å²) in [6, 6.07) is 6.68. The van der Waals surface area contributed by atoms with Gasteiger partial charge in [-0.05, 0) is 30.2 Å². The molecule has 0 spiro atoms. The summed E-state index contributed by atoms with van der Waals surface area (Å²) in [6.45, 7) is 1.71. The molecule has 0 fully saturated rings. The first-order chi connectivity index (χ1) is 15.1. The van der Waals surface area contributed by atoms with Gasteiger partial charge in [0.2, 0.25) is 0 Å². The van der Waals surface area contributed by atoms with Gasteiger partial charge in [-0.3, -0.25) is 9.19 Å². The molecule has 1 aromatic carbocycles. The summed E-state index contributed by atoms with van der Waals surface area (Å²) in [5.74, 6) is -0.236. The third-order valence-electron chi connectivity index (χ3n) is 4.59. The Labute approximate surface area is 180 Å². The van der Waals surface area contributed by atoms with Crippen LogP contribution in [0.25, 0.3) is 16.7 Å². The van der Waals surface area contributed by atoms with Gasteiger partial charge in [-0.1, -0.05) is 0 Å². The molecule has 0 radical (unpaired) electrons. The smallest absolute Gasteiger partial charge is 0.197 e. The van der Waals surface area contributed by atoms with Crippen LogP contribution >= 0.6 is 0 Å². The number of ether oxygens (including phenoxy) is 2. The van der Waals surface area contributed by atoms with Crippen LogP contribution in [0.3, 0.4) is 0 Å². The van der Waals surface area contributed by atoms with E-state index in [1.807, 2.05) is 12.1 Å². The summed E-state index contributed by atoms with van der Waals surface area (Å²) in [4.78, 5) is 15.6. The highest BCUT2D eigenvalue weighted by molar-refractivity contribution is 7.84. The van der Waals surface area contributed by atoms with Crippen molar-refractivity contribution in [2.24, 2.45) is 0 Å². The van der Waals surface area contributed by atoms with Gasteiger partial charge in [0.25, 0.3) is 0 Å². The molecule has 4 rings (SSSR count). The van der Waals surface area contributed by atoms with Crippen LogP contribution in [0.1, 0.15) is 17.7 Å². The highest BCUT2D eigenvalue weighted by atomic mass is 32.2. The second-order valence-corrected chi connectivity index (χ2v) is 8.24. The van der Waals surface area contributed by atoms with Crippen LogP contribution in [0.4, 0.5) is 4.39 Å².